The van der Waals surface area contributed by atoms with Crippen LogP contribution in [0.5, 0.6) is 0 Å². The van der Waals surface area contributed by atoms with E-state index in [-0.39, 0.29) is 46.7 Å². The molecule has 0 aromatic heterocycles. The van der Waals surface area contributed by atoms with Gasteiger partial charge in [0, 0.05) is 24.9 Å². The summed E-state index contributed by atoms with van der Waals surface area (Å²) in [6, 6.07) is 4.24. The lowest BCUT2D eigenvalue weighted by Crippen LogP contribution is -2.44. The Labute approximate surface area is 177 Å². The predicted octanol–water partition coefficient (Wildman–Crippen LogP) is 2.80. The van der Waals surface area contributed by atoms with Crippen LogP contribution in [-0.2, 0) is 10.0 Å². The fraction of sp³-hybridized carbons (Fsp3) is 0.562. The van der Waals surface area contributed by atoms with Crippen molar-refractivity contribution in [2.45, 2.75) is 25.5 Å². The van der Waals surface area contributed by atoms with E-state index < -0.39 is 15.8 Å². The first kappa shape index (κ1) is 25.2. The van der Waals surface area contributed by atoms with Crippen molar-refractivity contribution in [2.75, 3.05) is 36.9 Å². The van der Waals surface area contributed by atoms with E-state index in [4.69, 9.17) is 0 Å². The molecular weight excluding hydrogens is 490 g/mol. The van der Waals surface area contributed by atoms with Crippen LogP contribution in [0.3, 0.4) is 0 Å². The van der Waals surface area contributed by atoms with E-state index in [0.29, 0.717) is 18.1 Å². The molecule has 0 aliphatic heterocycles. The van der Waals surface area contributed by atoms with Crippen LogP contribution in [0.2, 0.25) is 0 Å². The van der Waals surface area contributed by atoms with Crippen molar-refractivity contribution in [2.24, 2.45) is 4.99 Å². The maximum atomic E-state index is 13.5. The molecule has 0 bridgehead atoms. The third-order valence-corrected chi connectivity index (χ3v) is 6.10. The Balaban J connectivity index is 0.00000625. The molecule has 0 saturated carbocycles. The molecule has 26 heavy (non-hydrogen) atoms. The number of rotatable bonds is 8. The number of guanidine groups is 1. The quantitative estimate of drug-likeness (QED) is 0.280. The SMILES string of the molecule is CN=C(NCCS(=O)(=O)Nc1ccc(C)c(F)c1)NCC(C)(C)SC.I. The monoisotopic (exact) mass is 518 g/mol. The first-order valence-electron chi connectivity index (χ1n) is 7.85. The number of halogens is 2. The van der Waals surface area contributed by atoms with Crippen molar-refractivity contribution in [3.05, 3.63) is 29.6 Å². The summed E-state index contributed by atoms with van der Waals surface area (Å²) in [6.07, 6.45) is 2.03. The Morgan fingerprint density at radius 3 is 2.50 bits per heavy atom. The van der Waals surface area contributed by atoms with Crippen molar-refractivity contribution in [1.82, 2.24) is 10.6 Å². The highest BCUT2D eigenvalue weighted by Gasteiger charge is 2.16. The number of nitrogens with zero attached hydrogens (tertiary/aromatic N) is 1. The molecule has 0 atom stereocenters. The molecule has 0 saturated heterocycles. The standard InChI is InChI=1S/C16H27FN4O2S2.HI/c1-12-6-7-13(10-14(12)17)21-25(22,23)9-8-19-15(18-4)20-11-16(2,3)24-5;/h6-7,10,21H,8-9,11H2,1-5H3,(H2,18,19,20);1H. The van der Waals surface area contributed by atoms with E-state index in [1.807, 2.05) is 6.26 Å². The zero-order valence-electron chi connectivity index (χ0n) is 15.7. The average Bonchev–Trinajstić information content (AvgIpc) is 2.53. The number of hydrogen-bond donors (Lipinski definition) is 3. The van der Waals surface area contributed by atoms with Crippen LogP contribution in [0.1, 0.15) is 19.4 Å². The molecule has 3 N–H and O–H groups in total. The maximum Gasteiger partial charge on any atom is 0.234 e. The van der Waals surface area contributed by atoms with Crippen LogP contribution >= 0.6 is 35.7 Å². The van der Waals surface area contributed by atoms with Crippen LogP contribution in [0.4, 0.5) is 10.1 Å². The van der Waals surface area contributed by atoms with E-state index >= 15 is 0 Å². The molecule has 150 valence electrons. The van der Waals surface area contributed by atoms with Crippen molar-refractivity contribution in [3.63, 3.8) is 0 Å². The number of thioether (sulfide) groups is 1. The molecule has 1 aromatic carbocycles. The highest BCUT2D eigenvalue weighted by molar-refractivity contribution is 14.0. The average molecular weight is 518 g/mol. The van der Waals surface area contributed by atoms with Crippen LogP contribution in [0.15, 0.2) is 23.2 Å². The highest BCUT2D eigenvalue weighted by Crippen LogP contribution is 2.19. The molecule has 1 aromatic rings. The molecule has 10 heteroatoms. The van der Waals surface area contributed by atoms with Gasteiger partial charge >= 0.3 is 0 Å². The number of nitrogens with one attached hydrogen (secondary N) is 3. The fourth-order valence-corrected chi connectivity index (χ4v) is 2.96. The molecule has 1 rings (SSSR count). The van der Waals surface area contributed by atoms with E-state index in [2.05, 4.69) is 34.2 Å². The van der Waals surface area contributed by atoms with Gasteiger partial charge in [0.25, 0.3) is 0 Å². The van der Waals surface area contributed by atoms with Crippen LogP contribution in [0.25, 0.3) is 0 Å². The van der Waals surface area contributed by atoms with Gasteiger partial charge in [-0.3, -0.25) is 9.71 Å². The molecule has 0 aliphatic rings. The zero-order valence-corrected chi connectivity index (χ0v) is 19.7. The molecular formula is C16H28FIN4O2S2. The second-order valence-electron chi connectivity index (χ2n) is 6.20. The lowest BCUT2D eigenvalue weighted by atomic mass is 10.2. The molecule has 0 unspecified atom stereocenters. The second-order valence-corrected chi connectivity index (χ2v) is 9.56. The van der Waals surface area contributed by atoms with Crippen molar-refractivity contribution in [3.8, 4) is 0 Å². The highest BCUT2D eigenvalue weighted by atomic mass is 127. The van der Waals surface area contributed by atoms with Gasteiger partial charge in [-0.2, -0.15) is 11.8 Å². The summed E-state index contributed by atoms with van der Waals surface area (Å²) >= 11 is 1.73. The van der Waals surface area contributed by atoms with E-state index in [1.54, 1.807) is 25.7 Å². The third-order valence-electron chi connectivity index (χ3n) is 3.57. The Morgan fingerprint density at radius 2 is 1.96 bits per heavy atom. The van der Waals surface area contributed by atoms with Crippen LogP contribution < -0.4 is 15.4 Å². The van der Waals surface area contributed by atoms with E-state index in [1.165, 1.54) is 18.2 Å². The summed E-state index contributed by atoms with van der Waals surface area (Å²) in [4.78, 5) is 4.07. The minimum absolute atomic E-state index is 0. The number of aryl methyl sites for hydroxylation is 1. The smallest absolute Gasteiger partial charge is 0.234 e. The molecule has 0 aliphatic carbocycles. The Bertz CT molecular complexity index is 712. The summed E-state index contributed by atoms with van der Waals surface area (Å²) in [6.45, 7) is 6.71. The minimum atomic E-state index is -3.58. The van der Waals surface area contributed by atoms with Gasteiger partial charge in [0.1, 0.15) is 5.82 Å². The molecule has 0 fully saturated rings. The van der Waals surface area contributed by atoms with Gasteiger partial charge in [-0.25, -0.2) is 12.8 Å². The fourth-order valence-electron chi connectivity index (χ4n) is 1.78. The number of anilines is 1. The lowest BCUT2D eigenvalue weighted by Gasteiger charge is -2.23. The van der Waals surface area contributed by atoms with Gasteiger partial charge in [-0.1, -0.05) is 6.07 Å². The van der Waals surface area contributed by atoms with Crippen LogP contribution in [-0.4, -0.2) is 51.3 Å². The maximum absolute atomic E-state index is 13.5. The summed E-state index contributed by atoms with van der Waals surface area (Å²) in [7, 11) is -1.95. The van der Waals surface area contributed by atoms with Gasteiger partial charge in [-0.05, 0) is 44.7 Å². The van der Waals surface area contributed by atoms with Gasteiger partial charge in [0.2, 0.25) is 10.0 Å². The van der Waals surface area contributed by atoms with Crippen molar-refractivity contribution < 1.29 is 12.8 Å². The lowest BCUT2D eigenvalue weighted by molar-refractivity contribution is 0.599. The first-order valence-corrected chi connectivity index (χ1v) is 10.7. The molecule has 6 nitrogen and oxygen atoms in total. The van der Waals surface area contributed by atoms with Crippen molar-refractivity contribution >= 4 is 57.4 Å². The molecule has 0 heterocycles. The molecule has 0 amide bonds. The summed E-state index contributed by atoms with van der Waals surface area (Å²) in [5.41, 5.74) is 0.681. The van der Waals surface area contributed by atoms with Gasteiger partial charge < -0.3 is 10.6 Å². The number of aliphatic imine (C=N–C) groups is 1. The third kappa shape index (κ3) is 9.26. The summed E-state index contributed by atoms with van der Waals surface area (Å²) in [5.74, 6) is -0.0622. The van der Waals surface area contributed by atoms with E-state index in [0.717, 1.165) is 0 Å². The number of sulfonamides is 1. The molecule has 0 radical (unpaired) electrons. The molecule has 0 spiro atoms. The predicted molar refractivity (Wildman–Crippen MR) is 121 cm³/mol. The Kier molecular flexibility index (Phi) is 10.9. The van der Waals surface area contributed by atoms with Gasteiger partial charge in [0.05, 0.1) is 11.4 Å². The Hall–Kier alpha value is -0.750. The van der Waals surface area contributed by atoms with Gasteiger partial charge in [-0.15, -0.1) is 24.0 Å². The van der Waals surface area contributed by atoms with Gasteiger partial charge in [0.15, 0.2) is 5.96 Å². The number of hydrogen-bond acceptors (Lipinski definition) is 4. The largest absolute Gasteiger partial charge is 0.355 e. The van der Waals surface area contributed by atoms with Crippen LogP contribution in [0, 0.1) is 12.7 Å². The summed E-state index contributed by atoms with van der Waals surface area (Å²) in [5, 5.41) is 6.13. The normalized spacial score (nSPS) is 12.3. The second kappa shape index (κ2) is 11.2. The Morgan fingerprint density at radius 1 is 1.31 bits per heavy atom. The summed E-state index contributed by atoms with van der Waals surface area (Å²) < 4.78 is 40.1. The van der Waals surface area contributed by atoms with E-state index in [9.17, 15) is 12.8 Å². The van der Waals surface area contributed by atoms with Crippen molar-refractivity contribution in [1.29, 1.82) is 0 Å². The minimum Gasteiger partial charge on any atom is -0.355 e. The zero-order chi connectivity index (χ0) is 19.1. The first-order chi connectivity index (χ1) is 11.6. The topological polar surface area (TPSA) is 82.6 Å². The number of benzene rings is 1.